The molecule has 0 saturated carbocycles. The number of imidazole rings is 1. The zero-order valence-electron chi connectivity index (χ0n) is 13.8. The Bertz CT molecular complexity index is 802. The number of nitrogens with two attached hydrogens (primary N) is 2. The number of aromatic nitrogens is 3. The van der Waals surface area contributed by atoms with Gasteiger partial charge in [-0.2, -0.15) is 0 Å². The summed E-state index contributed by atoms with van der Waals surface area (Å²) in [5, 5.41) is 20.8. The van der Waals surface area contributed by atoms with Gasteiger partial charge in [0.25, 0.3) is 0 Å². The highest BCUT2D eigenvalue weighted by molar-refractivity contribution is 7.72. The molecular formula is C15H24N5O3P. The van der Waals surface area contributed by atoms with Crippen molar-refractivity contribution in [3.05, 3.63) is 12.3 Å². The van der Waals surface area contributed by atoms with E-state index in [1.165, 1.54) is 4.57 Å². The number of hydrogen-bond acceptors (Lipinski definition) is 7. The second-order valence-electron chi connectivity index (χ2n) is 6.91. The lowest BCUT2D eigenvalue weighted by molar-refractivity contribution is -0.0340. The maximum absolute atomic E-state index is 10.4. The van der Waals surface area contributed by atoms with Crippen molar-refractivity contribution in [3.8, 4) is 0 Å². The summed E-state index contributed by atoms with van der Waals surface area (Å²) in [5.74, 6) is 0.136. The molecule has 6 N–H and O–H groups in total. The van der Waals surface area contributed by atoms with Crippen molar-refractivity contribution in [2.75, 3.05) is 31.0 Å². The van der Waals surface area contributed by atoms with Crippen LogP contribution in [0.1, 0.15) is 12.6 Å². The minimum absolute atomic E-state index is 0.136. The van der Waals surface area contributed by atoms with Crippen molar-refractivity contribution >= 4 is 36.0 Å². The number of fused-ring (bicyclic) bond motifs is 1. The van der Waals surface area contributed by atoms with E-state index in [2.05, 4.69) is 29.6 Å². The molecule has 0 aliphatic carbocycles. The predicted molar refractivity (Wildman–Crippen MR) is 97.6 cm³/mol. The Morgan fingerprint density at radius 1 is 1.33 bits per heavy atom. The highest BCUT2D eigenvalue weighted by atomic mass is 31.2. The standard InChI is InChI=1S/C15H24N5O3P/c1-24(2,3)7-5-9-11(21)12(22)14(23-9)20-13-10(19-15(20)17)8(16)4-6-18-13/h4,6,9,11-12,14,21-22H,1,5,7H2,2-3H3,(H2,16,18)(H2,17,19)/t9-,11-,12-,14?/m1/s1. The first kappa shape index (κ1) is 17.2. The zero-order valence-corrected chi connectivity index (χ0v) is 14.7. The summed E-state index contributed by atoms with van der Waals surface area (Å²) in [6.07, 6.45) is 3.73. The second-order valence-corrected chi connectivity index (χ2v) is 11.2. The molecular weight excluding hydrogens is 329 g/mol. The van der Waals surface area contributed by atoms with Gasteiger partial charge in [0.05, 0.1) is 11.8 Å². The van der Waals surface area contributed by atoms with Crippen molar-refractivity contribution in [2.24, 2.45) is 0 Å². The average molecular weight is 353 g/mol. The van der Waals surface area contributed by atoms with Gasteiger partial charge in [-0.15, -0.1) is 13.2 Å². The summed E-state index contributed by atoms with van der Waals surface area (Å²) in [4.78, 5) is 8.44. The van der Waals surface area contributed by atoms with Gasteiger partial charge in [-0.3, -0.25) is 4.57 Å². The summed E-state index contributed by atoms with van der Waals surface area (Å²) < 4.78 is 7.40. The van der Waals surface area contributed by atoms with E-state index in [4.69, 9.17) is 16.2 Å². The van der Waals surface area contributed by atoms with Crippen LogP contribution in [0.3, 0.4) is 0 Å². The lowest BCUT2D eigenvalue weighted by atomic mass is 10.1. The van der Waals surface area contributed by atoms with Crippen molar-refractivity contribution in [1.82, 2.24) is 14.5 Å². The fourth-order valence-electron chi connectivity index (χ4n) is 2.93. The topological polar surface area (TPSA) is 132 Å². The molecule has 132 valence electrons. The first-order chi connectivity index (χ1) is 11.2. The van der Waals surface area contributed by atoms with Crippen molar-refractivity contribution < 1.29 is 14.9 Å². The van der Waals surface area contributed by atoms with E-state index in [9.17, 15) is 10.2 Å². The van der Waals surface area contributed by atoms with Crippen LogP contribution in [-0.4, -0.2) is 68.9 Å². The zero-order chi connectivity index (χ0) is 17.6. The molecule has 8 nitrogen and oxygen atoms in total. The molecule has 1 fully saturated rings. The summed E-state index contributed by atoms with van der Waals surface area (Å²) >= 11 is 0. The first-order valence-corrected chi connectivity index (χ1v) is 10.8. The number of rotatable bonds is 4. The molecule has 1 saturated heterocycles. The van der Waals surface area contributed by atoms with E-state index < -0.39 is 31.4 Å². The number of pyridine rings is 1. The van der Waals surface area contributed by atoms with Crippen LogP contribution in [0.4, 0.5) is 11.6 Å². The van der Waals surface area contributed by atoms with Crippen LogP contribution in [0.2, 0.25) is 0 Å². The molecule has 0 bridgehead atoms. The molecule has 1 aliphatic heterocycles. The number of ether oxygens (including phenoxy) is 1. The maximum atomic E-state index is 10.4. The predicted octanol–water partition coefficient (Wildman–Crippen LogP) is 0.314. The highest BCUT2D eigenvalue weighted by Gasteiger charge is 2.44. The van der Waals surface area contributed by atoms with Gasteiger partial charge in [-0.1, -0.05) is 0 Å². The maximum Gasteiger partial charge on any atom is 0.204 e. The van der Waals surface area contributed by atoms with E-state index >= 15 is 0 Å². The quantitative estimate of drug-likeness (QED) is 0.582. The Kier molecular flexibility index (Phi) is 4.34. The molecule has 24 heavy (non-hydrogen) atoms. The Morgan fingerprint density at radius 3 is 2.71 bits per heavy atom. The minimum Gasteiger partial charge on any atom is -0.397 e. The Labute approximate surface area is 140 Å². The van der Waals surface area contributed by atoms with Crippen LogP contribution in [0, 0.1) is 0 Å². The van der Waals surface area contributed by atoms with Gasteiger partial charge in [0.2, 0.25) is 5.95 Å². The van der Waals surface area contributed by atoms with Gasteiger partial charge in [0, 0.05) is 6.20 Å². The van der Waals surface area contributed by atoms with Crippen molar-refractivity contribution in [3.63, 3.8) is 0 Å². The van der Waals surface area contributed by atoms with E-state index in [0.717, 1.165) is 6.16 Å². The lowest BCUT2D eigenvalue weighted by Crippen LogP contribution is -2.32. The van der Waals surface area contributed by atoms with E-state index in [1.54, 1.807) is 12.3 Å². The second kappa shape index (κ2) is 6.04. The van der Waals surface area contributed by atoms with Crippen molar-refractivity contribution in [1.29, 1.82) is 0 Å². The molecule has 2 aromatic rings. The average Bonchev–Trinajstić information content (AvgIpc) is 2.96. The van der Waals surface area contributed by atoms with E-state index in [-0.39, 0.29) is 5.95 Å². The largest absolute Gasteiger partial charge is 0.397 e. The van der Waals surface area contributed by atoms with Crippen LogP contribution in [0.25, 0.3) is 11.2 Å². The number of nitrogen functional groups attached to an aromatic ring is 2. The third-order valence-electron chi connectivity index (χ3n) is 4.25. The number of hydrogen-bond donors (Lipinski definition) is 4. The molecule has 1 aliphatic rings. The number of aliphatic hydroxyl groups excluding tert-OH is 2. The van der Waals surface area contributed by atoms with Gasteiger partial charge in [0.15, 0.2) is 11.9 Å². The smallest absolute Gasteiger partial charge is 0.204 e. The first-order valence-electron chi connectivity index (χ1n) is 7.76. The number of nitrogens with zero attached hydrogens (tertiary/aromatic N) is 3. The van der Waals surface area contributed by atoms with E-state index in [1.807, 2.05) is 0 Å². The molecule has 1 unspecified atom stereocenters. The molecule has 2 aromatic heterocycles. The molecule has 0 aromatic carbocycles. The summed E-state index contributed by atoms with van der Waals surface area (Å²) in [6, 6.07) is 1.63. The number of anilines is 2. The van der Waals surface area contributed by atoms with Crippen LogP contribution in [0.15, 0.2) is 12.3 Å². The summed E-state index contributed by atoms with van der Waals surface area (Å²) in [5.41, 5.74) is 13.2. The van der Waals surface area contributed by atoms with Gasteiger partial charge in [0.1, 0.15) is 17.7 Å². The van der Waals surface area contributed by atoms with Gasteiger partial charge in [-0.25, -0.2) is 9.97 Å². The van der Waals surface area contributed by atoms with Gasteiger partial charge >= 0.3 is 0 Å². The van der Waals surface area contributed by atoms with Gasteiger partial charge < -0.3 is 26.4 Å². The molecule has 0 radical (unpaired) electrons. The SMILES string of the molecule is C=P(C)(C)CC[C@H]1OC(n2c(N)nc3c(N)ccnc32)[C@H](O)[C@@H]1O. The van der Waals surface area contributed by atoms with Crippen LogP contribution >= 0.6 is 6.89 Å². The highest BCUT2D eigenvalue weighted by Crippen LogP contribution is 2.40. The lowest BCUT2D eigenvalue weighted by Gasteiger charge is -2.19. The van der Waals surface area contributed by atoms with Crippen LogP contribution in [-0.2, 0) is 4.74 Å². The fraction of sp³-hybridized carbons (Fsp3) is 0.533. The normalized spacial score (nSPS) is 27.8. The molecule has 3 rings (SSSR count). The number of aliphatic hydroxyl groups is 2. The molecule has 9 heteroatoms. The summed E-state index contributed by atoms with van der Waals surface area (Å²) in [7, 11) is 0. The fourth-order valence-corrected chi connectivity index (χ4v) is 3.89. The third-order valence-corrected chi connectivity index (χ3v) is 5.72. The Hall–Kier alpha value is -1.60. The van der Waals surface area contributed by atoms with Crippen LogP contribution < -0.4 is 11.5 Å². The Morgan fingerprint density at radius 2 is 2.04 bits per heavy atom. The molecule has 4 atom stereocenters. The molecule has 0 spiro atoms. The minimum atomic E-state index is -1.24. The molecule has 0 amide bonds. The monoisotopic (exact) mass is 353 g/mol. The third kappa shape index (κ3) is 3.02. The van der Waals surface area contributed by atoms with Gasteiger partial charge in [-0.05, 0) is 32.0 Å². The van der Waals surface area contributed by atoms with E-state index in [0.29, 0.717) is 23.3 Å². The Balaban J connectivity index is 1.92. The summed E-state index contributed by atoms with van der Waals surface area (Å²) in [6.45, 7) is 3.00. The molecule has 3 heterocycles. The van der Waals surface area contributed by atoms with Crippen LogP contribution in [0.5, 0.6) is 0 Å². The van der Waals surface area contributed by atoms with Crippen molar-refractivity contribution in [2.45, 2.75) is 31.0 Å².